The third kappa shape index (κ3) is 6.13. The van der Waals surface area contributed by atoms with Crippen LogP contribution in [-0.4, -0.2) is 34.1 Å². The number of nitrogens with zero attached hydrogens (tertiary/aromatic N) is 7. The Bertz CT molecular complexity index is 4160. The first-order chi connectivity index (χ1) is 34.2. The Hall–Kier alpha value is -9.53. The number of hydrogen-bond acceptors (Lipinski definition) is 6. The van der Waals surface area contributed by atoms with Crippen LogP contribution in [-0.2, 0) is 0 Å². The van der Waals surface area contributed by atoms with Crippen molar-refractivity contribution in [3.63, 3.8) is 0 Å². The number of pyridine rings is 2. The van der Waals surface area contributed by atoms with Crippen LogP contribution in [0.4, 0.5) is 0 Å². The molecule has 0 saturated heterocycles. The van der Waals surface area contributed by atoms with E-state index in [9.17, 15) is 0 Å². The minimum Gasteiger partial charge on any atom is -0.455 e. The van der Waals surface area contributed by atoms with E-state index in [1.165, 1.54) is 0 Å². The van der Waals surface area contributed by atoms with Crippen LogP contribution < -0.4 is 0 Å². The maximum Gasteiger partial charge on any atom is 0.164 e. The fourth-order valence-electron chi connectivity index (χ4n) is 10.3. The maximum absolute atomic E-state index is 7.34. The van der Waals surface area contributed by atoms with Crippen molar-refractivity contribution in [2.24, 2.45) is 0 Å². The normalized spacial score (nSPS) is 11.8. The topological polar surface area (TPSA) is 87.4 Å². The highest BCUT2D eigenvalue weighted by molar-refractivity contribution is 6.29. The van der Waals surface area contributed by atoms with Gasteiger partial charge < -0.3 is 13.6 Å². The molecule has 0 fully saturated rings. The van der Waals surface area contributed by atoms with Crippen LogP contribution in [0.1, 0.15) is 0 Å². The number of hydrogen-bond donors (Lipinski definition) is 0. The molecule has 0 atom stereocenters. The molecule has 8 nitrogen and oxygen atoms in total. The molecule has 0 aliphatic carbocycles. The van der Waals surface area contributed by atoms with Crippen LogP contribution in [0.15, 0.2) is 229 Å². The van der Waals surface area contributed by atoms with E-state index in [-0.39, 0.29) is 0 Å². The average molecular weight is 884 g/mol. The van der Waals surface area contributed by atoms with E-state index in [0.717, 1.165) is 116 Å². The maximum atomic E-state index is 7.34. The molecule has 0 radical (unpaired) electrons. The molecule has 0 amide bonds. The van der Waals surface area contributed by atoms with E-state index in [1.54, 1.807) is 24.8 Å². The van der Waals surface area contributed by atoms with E-state index >= 15 is 0 Å². The number of furan rings is 1. The first kappa shape index (κ1) is 38.7. The summed E-state index contributed by atoms with van der Waals surface area (Å²) in [5.74, 6) is 1.66. The van der Waals surface area contributed by atoms with Gasteiger partial charge in [-0.1, -0.05) is 115 Å². The highest BCUT2D eigenvalue weighted by atomic mass is 16.3. The zero-order valence-corrected chi connectivity index (χ0v) is 36.9. The molecule has 0 bridgehead atoms. The van der Waals surface area contributed by atoms with Crippen molar-refractivity contribution in [3.8, 4) is 67.8 Å². The lowest BCUT2D eigenvalue weighted by atomic mass is 9.92. The van der Waals surface area contributed by atoms with Crippen LogP contribution >= 0.6 is 0 Å². The third-order valence-corrected chi connectivity index (χ3v) is 13.4. The largest absolute Gasteiger partial charge is 0.455 e. The Labute approximate surface area is 395 Å². The van der Waals surface area contributed by atoms with Gasteiger partial charge in [-0.2, -0.15) is 0 Å². The van der Waals surface area contributed by atoms with Crippen LogP contribution in [0.2, 0.25) is 0 Å². The average Bonchev–Trinajstić information content (AvgIpc) is 4.09. The van der Waals surface area contributed by atoms with Gasteiger partial charge in [0.1, 0.15) is 11.2 Å². The predicted molar refractivity (Wildman–Crippen MR) is 279 cm³/mol. The van der Waals surface area contributed by atoms with Crippen LogP contribution in [0, 0.1) is 0 Å². The lowest BCUT2D eigenvalue weighted by Crippen LogP contribution is -2.04. The van der Waals surface area contributed by atoms with Gasteiger partial charge in [0.25, 0.3) is 0 Å². The number of aromatic nitrogens is 7. The van der Waals surface area contributed by atoms with Crippen molar-refractivity contribution in [1.29, 1.82) is 0 Å². The summed E-state index contributed by atoms with van der Waals surface area (Å²) < 4.78 is 12.1. The van der Waals surface area contributed by atoms with Gasteiger partial charge in [0.2, 0.25) is 0 Å². The third-order valence-electron chi connectivity index (χ3n) is 13.4. The van der Waals surface area contributed by atoms with Gasteiger partial charge in [-0.3, -0.25) is 9.97 Å². The summed E-state index contributed by atoms with van der Waals surface area (Å²) in [6, 6.07) is 70.3. The summed E-state index contributed by atoms with van der Waals surface area (Å²) in [6.45, 7) is 0. The Kier molecular flexibility index (Phi) is 8.72. The zero-order valence-electron chi connectivity index (χ0n) is 36.9. The highest BCUT2D eigenvalue weighted by Crippen LogP contribution is 2.48. The van der Waals surface area contributed by atoms with Gasteiger partial charge in [-0.05, 0) is 96.1 Å². The number of para-hydroxylation sites is 3. The quantitative estimate of drug-likeness (QED) is 0.158. The summed E-state index contributed by atoms with van der Waals surface area (Å²) >= 11 is 0. The molecule has 14 aromatic rings. The monoisotopic (exact) mass is 883 g/mol. The molecule has 6 aromatic heterocycles. The van der Waals surface area contributed by atoms with E-state index < -0.39 is 0 Å². The smallest absolute Gasteiger partial charge is 0.164 e. The SMILES string of the molecule is c1ccc(-c2cc(-c3nc(-c4ccncc4)nc(-c4ccncc4)n3)cc(-c3ccccc3)c2-n2c3ccccc3c3c4oc5c(ccc6c5c5ccccc5n6-c5ccccc5)c4ccc32)cc1. The molecule has 0 aliphatic heterocycles. The van der Waals surface area contributed by atoms with Crippen molar-refractivity contribution >= 4 is 65.6 Å². The summed E-state index contributed by atoms with van der Waals surface area (Å²) in [6.07, 6.45) is 7.04. The van der Waals surface area contributed by atoms with Crippen molar-refractivity contribution in [3.05, 3.63) is 225 Å². The van der Waals surface area contributed by atoms with Crippen molar-refractivity contribution in [2.45, 2.75) is 0 Å². The van der Waals surface area contributed by atoms with E-state index in [4.69, 9.17) is 19.4 Å². The Morgan fingerprint density at radius 1 is 0.319 bits per heavy atom. The second kappa shape index (κ2) is 15.5. The van der Waals surface area contributed by atoms with Crippen LogP contribution in [0.25, 0.3) is 133 Å². The number of fused-ring (bicyclic) bond motifs is 11. The summed E-state index contributed by atoms with van der Waals surface area (Å²) in [5.41, 5.74) is 14.9. The lowest BCUT2D eigenvalue weighted by Gasteiger charge is -2.21. The molecule has 69 heavy (non-hydrogen) atoms. The van der Waals surface area contributed by atoms with Crippen molar-refractivity contribution in [1.82, 2.24) is 34.1 Å². The fraction of sp³-hybridized carbons (Fsp3) is 0. The summed E-state index contributed by atoms with van der Waals surface area (Å²) in [7, 11) is 0. The molecule has 0 saturated carbocycles. The standard InChI is InChI=1S/C61H37N7O/c1-4-14-38(15-5-1)48-36-42(61-65-59(40-28-32-62-33-29-40)64-60(66-61)41-30-34-63-35-31-41)37-49(39-16-6-2-7-17-39)56(48)68-51-23-13-11-21-47(51)55-53(68)27-25-45-44-24-26-52-54(57(44)69-58(45)55)46-20-10-12-22-50(46)67(52)43-18-8-3-9-19-43/h1-37H. The van der Waals surface area contributed by atoms with Gasteiger partial charge in [-0.15, -0.1) is 0 Å². The van der Waals surface area contributed by atoms with Gasteiger partial charge in [0.15, 0.2) is 17.5 Å². The second-order valence-corrected chi connectivity index (χ2v) is 17.2. The minimum absolute atomic E-state index is 0.552. The highest BCUT2D eigenvalue weighted by Gasteiger charge is 2.26. The van der Waals surface area contributed by atoms with Gasteiger partial charge in [-0.25, -0.2) is 15.0 Å². The molecule has 0 unspecified atom stereocenters. The van der Waals surface area contributed by atoms with Gasteiger partial charge >= 0.3 is 0 Å². The first-order valence-corrected chi connectivity index (χ1v) is 23.0. The molecular weight excluding hydrogens is 847 g/mol. The van der Waals surface area contributed by atoms with Crippen LogP contribution in [0.5, 0.6) is 0 Å². The van der Waals surface area contributed by atoms with Crippen LogP contribution in [0.3, 0.4) is 0 Å². The molecule has 0 spiro atoms. The Morgan fingerprint density at radius 2 is 0.739 bits per heavy atom. The fourth-order valence-corrected chi connectivity index (χ4v) is 10.3. The lowest BCUT2D eigenvalue weighted by molar-refractivity contribution is 0.677. The molecular formula is C61H37N7O. The molecule has 0 aliphatic rings. The Balaban J connectivity index is 1.08. The predicted octanol–water partition coefficient (Wildman–Crippen LogP) is 15.1. The molecule has 322 valence electrons. The summed E-state index contributed by atoms with van der Waals surface area (Å²) in [4.78, 5) is 23.9. The zero-order chi connectivity index (χ0) is 45.4. The van der Waals surface area contributed by atoms with Crippen molar-refractivity contribution < 1.29 is 4.42 Å². The van der Waals surface area contributed by atoms with E-state index in [2.05, 4.69) is 195 Å². The minimum atomic E-state index is 0.552. The number of benzene rings is 8. The Morgan fingerprint density at radius 3 is 1.25 bits per heavy atom. The number of rotatable bonds is 7. The van der Waals surface area contributed by atoms with Crippen molar-refractivity contribution in [2.75, 3.05) is 0 Å². The molecule has 8 aromatic carbocycles. The molecule has 8 heteroatoms. The van der Waals surface area contributed by atoms with E-state index in [1.807, 2.05) is 24.3 Å². The second-order valence-electron chi connectivity index (χ2n) is 17.2. The first-order valence-electron chi connectivity index (χ1n) is 23.0. The molecule has 14 rings (SSSR count). The molecule has 6 heterocycles. The van der Waals surface area contributed by atoms with Gasteiger partial charge in [0, 0.05) is 79.8 Å². The van der Waals surface area contributed by atoms with Gasteiger partial charge in [0.05, 0.1) is 38.5 Å². The summed E-state index contributed by atoms with van der Waals surface area (Å²) in [5, 5.41) is 6.57. The van der Waals surface area contributed by atoms with E-state index in [0.29, 0.717) is 17.5 Å². The molecule has 0 N–H and O–H groups in total.